The summed E-state index contributed by atoms with van der Waals surface area (Å²) in [6.07, 6.45) is 0. The Morgan fingerprint density at radius 1 is 1.05 bits per heavy atom. The molecule has 5 rings (SSSR count). The van der Waals surface area contributed by atoms with Crippen LogP contribution in [0, 0.1) is 6.92 Å². The third kappa shape index (κ3) is 5.13. The molecule has 1 aliphatic heterocycles. The SMILES string of the molecule is COC(=O)Cn1c(=NC(=O)c2ccccc2NS(=O)(=O)c2ccc(C)cc2)sc2cc3c(cc21)OCCO3. The first-order valence-electron chi connectivity index (χ1n) is 11.5. The van der Waals surface area contributed by atoms with Crippen LogP contribution < -0.4 is 19.0 Å². The molecule has 0 bridgehead atoms. The molecule has 4 aromatic rings. The Bertz CT molecular complexity index is 1720. The van der Waals surface area contributed by atoms with Gasteiger partial charge in [0.05, 0.1) is 33.5 Å². The first-order valence-corrected chi connectivity index (χ1v) is 13.8. The lowest BCUT2D eigenvalue weighted by atomic mass is 10.2. The average molecular weight is 554 g/mol. The molecule has 0 unspecified atom stereocenters. The van der Waals surface area contributed by atoms with Crippen molar-refractivity contribution in [3.63, 3.8) is 0 Å². The molecular weight excluding hydrogens is 530 g/mol. The van der Waals surface area contributed by atoms with Crippen LogP contribution in [0.15, 0.2) is 70.6 Å². The number of benzene rings is 3. The molecule has 0 saturated carbocycles. The fourth-order valence-corrected chi connectivity index (χ4v) is 5.98. The lowest BCUT2D eigenvalue weighted by Gasteiger charge is -2.18. The quantitative estimate of drug-likeness (QED) is 0.362. The Morgan fingerprint density at radius 3 is 2.45 bits per heavy atom. The highest BCUT2D eigenvalue weighted by molar-refractivity contribution is 7.92. The third-order valence-corrected chi connectivity index (χ3v) is 8.21. The zero-order valence-electron chi connectivity index (χ0n) is 20.5. The maximum absolute atomic E-state index is 13.4. The first kappa shape index (κ1) is 25.5. The van der Waals surface area contributed by atoms with Crippen LogP contribution in [-0.4, -0.2) is 45.2 Å². The molecule has 12 heteroatoms. The zero-order valence-corrected chi connectivity index (χ0v) is 22.1. The van der Waals surface area contributed by atoms with E-state index in [9.17, 15) is 18.0 Å². The van der Waals surface area contributed by atoms with Crippen LogP contribution in [0.3, 0.4) is 0 Å². The smallest absolute Gasteiger partial charge is 0.325 e. The summed E-state index contributed by atoms with van der Waals surface area (Å²) < 4.78 is 46.9. The number of fused-ring (bicyclic) bond motifs is 2. The minimum absolute atomic E-state index is 0.0521. The van der Waals surface area contributed by atoms with E-state index in [0.29, 0.717) is 30.2 Å². The number of aryl methyl sites for hydroxylation is 1. The number of para-hydroxylation sites is 1. The Balaban J connectivity index is 1.56. The Hall–Kier alpha value is -4.16. The largest absolute Gasteiger partial charge is 0.486 e. The molecule has 0 fully saturated rings. The Kier molecular flexibility index (Phi) is 6.91. The van der Waals surface area contributed by atoms with Gasteiger partial charge in [0.1, 0.15) is 19.8 Å². The highest BCUT2D eigenvalue weighted by Crippen LogP contribution is 2.35. The van der Waals surface area contributed by atoms with Crippen molar-refractivity contribution in [1.82, 2.24) is 4.57 Å². The van der Waals surface area contributed by atoms with Crippen molar-refractivity contribution in [3.8, 4) is 11.5 Å². The summed E-state index contributed by atoms with van der Waals surface area (Å²) in [6.45, 7) is 2.47. The van der Waals surface area contributed by atoms with Gasteiger partial charge in [0, 0.05) is 12.1 Å². The van der Waals surface area contributed by atoms with Gasteiger partial charge in [0.2, 0.25) is 0 Å². The van der Waals surface area contributed by atoms with Gasteiger partial charge in [-0.3, -0.25) is 14.3 Å². The van der Waals surface area contributed by atoms with E-state index in [2.05, 4.69) is 9.71 Å². The standard InChI is InChI=1S/C26H23N3O7S2/c1-16-7-9-17(10-8-16)38(32,33)28-19-6-4-3-5-18(19)25(31)27-26-29(15-24(30)34-2)20-13-21-22(14-23(20)37-26)36-12-11-35-21/h3-10,13-14,28H,11-12,15H2,1-2H3. The monoisotopic (exact) mass is 553 g/mol. The van der Waals surface area contributed by atoms with Gasteiger partial charge in [0.15, 0.2) is 16.3 Å². The van der Waals surface area contributed by atoms with E-state index in [1.54, 1.807) is 41.0 Å². The second-order valence-electron chi connectivity index (χ2n) is 8.39. The summed E-state index contributed by atoms with van der Waals surface area (Å²) in [5, 5.41) is 0. The van der Waals surface area contributed by atoms with E-state index >= 15 is 0 Å². The number of anilines is 1. The van der Waals surface area contributed by atoms with Crippen molar-refractivity contribution >= 4 is 49.1 Å². The zero-order chi connectivity index (χ0) is 26.9. The molecule has 1 aromatic heterocycles. The number of hydrogen-bond acceptors (Lipinski definition) is 8. The lowest BCUT2D eigenvalue weighted by Crippen LogP contribution is -2.23. The predicted octanol–water partition coefficient (Wildman–Crippen LogP) is 3.50. The number of carbonyl (C=O) groups is 2. The molecule has 1 N–H and O–H groups in total. The molecule has 196 valence electrons. The summed E-state index contributed by atoms with van der Waals surface area (Å²) in [4.78, 5) is 30.1. The van der Waals surface area contributed by atoms with Crippen molar-refractivity contribution in [2.75, 3.05) is 25.0 Å². The van der Waals surface area contributed by atoms with Crippen LogP contribution in [0.4, 0.5) is 5.69 Å². The highest BCUT2D eigenvalue weighted by Gasteiger charge is 2.21. The van der Waals surface area contributed by atoms with Crippen molar-refractivity contribution in [2.45, 2.75) is 18.4 Å². The van der Waals surface area contributed by atoms with Crippen LogP contribution in [0.25, 0.3) is 10.2 Å². The molecule has 2 heterocycles. The van der Waals surface area contributed by atoms with Crippen LogP contribution in [0.2, 0.25) is 0 Å². The third-order valence-electron chi connectivity index (χ3n) is 5.79. The number of amides is 1. The number of aromatic nitrogens is 1. The van der Waals surface area contributed by atoms with Crippen LogP contribution in [-0.2, 0) is 26.1 Å². The van der Waals surface area contributed by atoms with Crippen molar-refractivity contribution < 1.29 is 32.2 Å². The summed E-state index contributed by atoms with van der Waals surface area (Å²) in [6, 6.07) is 16.1. The number of nitrogens with one attached hydrogen (secondary N) is 1. The number of rotatable bonds is 6. The van der Waals surface area contributed by atoms with Crippen LogP contribution in [0.5, 0.6) is 11.5 Å². The fraction of sp³-hybridized carbons (Fsp3) is 0.192. The summed E-state index contributed by atoms with van der Waals surface area (Å²) in [5.41, 5.74) is 1.67. The molecule has 0 radical (unpaired) electrons. The molecule has 1 aliphatic rings. The number of thiazole rings is 1. The van der Waals surface area contributed by atoms with Gasteiger partial charge < -0.3 is 18.8 Å². The van der Waals surface area contributed by atoms with E-state index in [1.807, 2.05) is 6.92 Å². The second kappa shape index (κ2) is 10.3. The van der Waals surface area contributed by atoms with Gasteiger partial charge in [-0.05, 0) is 31.2 Å². The van der Waals surface area contributed by atoms with Gasteiger partial charge >= 0.3 is 5.97 Å². The first-order chi connectivity index (χ1) is 18.2. The van der Waals surface area contributed by atoms with E-state index in [4.69, 9.17) is 14.2 Å². The normalized spacial score (nSPS) is 13.4. The molecule has 0 atom stereocenters. The molecule has 10 nitrogen and oxygen atoms in total. The fourth-order valence-electron chi connectivity index (χ4n) is 3.87. The van der Waals surface area contributed by atoms with Crippen LogP contribution in [0.1, 0.15) is 15.9 Å². The summed E-state index contributed by atoms with van der Waals surface area (Å²) >= 11 is 1.18. The Labute approximate surface area is 222 Å². The molecule has 1 amide bonds. The van der Waals surface area contributed by atoms with Gasteiger partial charge in [-0.2, -0.15) is 4.99 Å². The van der Waals surface area contributed by atoms with E-state index in [0.717, 1.165) is 10.3 Å². The maximum atomic E-state index is 13.4. The molecule has 3 aromatic carbocycles. The minimum Gasteiger partial charge on any atom is -0.486 e. The number of nitrogens with zero attached hydrogens (tertiary/aromatic N) is 2. The summed E-state index contributed by atoms with van der Waals surface area (Å²) in [7, 11) is -2.68. The average Bonchev–Trinajstić information content (AvgIpc) is 3.22. The highest BCUT2D eigenvalue weighted by atomic mass is 32.2. The van der Waals surface area contributed by atoms with E-state index in [-0.39, 0.29) is 27.5 Å². The van der Waals surface area contributed by atoms with Crippen LogP contribution >= 0.6 is 11.3 Å². The molecular formula is C26H23N3O7S2. The number of methoxy groups -OCH3 is 1. The number of carbonyl (C=O) groups excluding carboxylic acids is 2. The number of esters is 1. The summed E-state index contributed by atoms with van der Waals surface area (Å²) in [5.74, 6) is -0.132. The molecule has 0 spiro atoms. The predicted molar refractivity (Wildman–Crippen MR) is 141 cm³/mol. The van der Waals surface area contributed by atoms with Gasteiger partial charge in [-0.1, -0.05) is 41.2 Å². The maximum Gasteiger partial charge on any atom is 0.325 e. The van der Waals surface area contributed by atoms with Crippen molar-refractivity contribution in [2.24, 2.45) is 4.99 Å². The van der Waals surface area contributed by atoms with Crippen molar-refractivity contribution in [3.05, 3.63) is 76.6 Å². The number of hydrogen-bond donors (Lipinski definition) is 1. The topological polar surface area (TPSA) is 125 Å². The van der Waals surface area contributed by atoms with E-state index in [1.165, 1.54) is 42.7 Å². The van der Waals surface area contributed by atoms with Gasteiger partial charge in [0.25, 0.3) is 15.9 Å². The number of sulfonamides is 1. The van der Waals surface area contributed by atoms with Crippen molar-refractivity contribution in [1.29, 1.82) is 0 Å². The van der Waals surface area contributed by atoms with Gasteiger partial charge in [-0.15, -0.1) is 0 Å². The Morgan fingerprint density at radius 2 is 1.74 bits per heavy atom. The minimum atomic E-state index is -3.95. The lowest BCUT2D eigenvalue weighted by molar-refractivity contribution is -0.141. The van der Waals surface area contributed by atoms with E-state index < -0.39 is 21.9 Å². The number of ether oxygens (including phenoxy) is 3. The van der Waals surface area contributed by atoms with Gasteiger partial charge in [-0.25, -0.2) is 8.42 Å². The molecule has 38 heavy (non-hydrogen) atoms. The second-order valence-corrected chi connectivity index (χ2v) is 11.1. The molecule has 0 aliphatic carbocycles. The molecule has 0 saturated heterocycles.